The number of unbranched alkanes of at least 4 members (excludes halogenated alkanes) is 6. The molecule has 0 unspecified atom stereocenters. The molecule has 0 heterocycles. The monoisotopic (exact) mass is 286 g/mol. The molecule has 5 nitrogen and oxygen atoms in total. The van der Waals surface area contributed by atoms with Crippen molar-refractivity contribution < 1.29 is 24.9 Å². The molecule has 0 aliphatic rings. The summed E-state index contributed by atoms with van der Waals surface area (Å²) in [6.45, 7) is 3.66. The minimum absolute atomic E-state index is 0.330. The highest BCUT2D eigenvalue weighted by molar-refractivity contribution is 5.73. The second-order valence-corrected chi connectivity index (χ2v) is 5.10. The minimum Gasteiger partial charge on any atom is -0.481 e. The molecule has 0 amide bonds. The van der Waals surface area contributed by atoms with Gasteiger partial charge in [-0.2, -0.15) is 0 Å². The zero-order valence-electron chi connectivity index (χ0n) is 12.0. The van der Waals surface area contributed by atoms with Crippen LogP contribution in [0.1, 0.15) is 57.8 Å². The Balaban J connectivity index is 3.79. The van der Waals surface area contributed by atoms with Gasteiger partial charge in [-0.1, -0.05) is 38.2 Å². The van der Waals surface area contributed by atoms with E-state index in [1.165, 1.54) is 0 Å². The number of allylic oxidation sites excluding steroid dienone is 1. The summed E-state index contributed by atoms with van der Waals surface area (Å²) in [7, 11) is 0. The van der Waals surface area contributed by atoms with Crippen LogP contribution in [0.5, 0.6) is 0 Å². The van der Waals surface area contributed by atoms with E-state index in [9.17, 15) is 14.7 Å². The molecular formula is C15H26O5. The molecule has 5 heteroatoms. The lowest BCUT2D eigenvalue weighted by atomic mass is 9.93. The van der Waals surface area contributed by atoms with Crippen LogP contribution in [0.25, 0.3) is 0 Å². The quantitative estimate of drug-likeness (QED) is 0.357. The zero-order chi connectivity index (χ0) is 15.4. The Hall–Kier alpha value is -1.36. The lowest BCUT2D eigenvalue weighted by Crippen LogP contribution is -2.30. The van der Waals surface area contributed by atoms with Crippen molar-refractivity contribution in [1.29, 1.82) is 0 Å². The molecule has 0 bridgehead atoms. The molecule has 0 aromatic rings. The van der Waals surface area contributed by atoms with Crippen LogP contribution >= 0.6 is 0 Å². The molecule has 0 aromatic heterocycles. The van der Waals surface area contributed by atoms with Crippen LogP contribution in [0.2, 0.25) is 0 Å². The summed E-state index contributed by atoms with van der Waals surface area (Å²) in [5.41, 5.74) is 0. The molecule has 116 valence electrons. The summed E-state index contributed by atoms with van der Waals surface area (Å²) in [6, 6.07) is 0. The van der Waals surface area contributed by atoms with E-state index < -0.39 is 30.4 Å². The summed E-state index contributed by atoms with van der Waals surface area (Å²) in [4.78, 5) is 21.5. The van der Waals surface area contributed by atoms with Crippen LogP contribution in [0.3, 0.4) is 0 Å². The molecule has 0 saturated carbocycles. The Morgan fingerprint density at radius 1 is 1.00 bits per heavy atom. The predicted octanol–water partition coefficient (Wildman–Crippen LogP) is 2.83. The van der Waals surface area contributed by atoms with Gasteiger partial charge in [-0.15, -0.1) is 6.58 Å². The zero-order valence-corrected chi connectivity index (χ0v) is 12.0. The van der Waals surface area contributed by atoms with Gasteiger partial charge in [-0.25, -0.2) is 0 Å². The van der Waals surface area contributed by atoms with Gasteiger partial charge in [-0.05, 0) is 19.3 Å². The molecule has 0 rings (SSSR count). The largest absolute Gasteiger partial charge is 0.481 e. The average Bonchev–Trinajstić information content (AvgIpc) is 2.35. The molecule has 2 atom stereocenters. The van der Waals surface area contributed by atoms with Crippen molar-refractivity contribution >= 4 is 11.9 Å². The summed E-state index contributed by atoms with van der Waals surface area (Å²) in [5.74, 6) is -3.28. The van der Waals surface area contributed by atoms with Gasteiger partial charge in [0.2, 0.25) is 0 Å². The molecule has 0 aliphatic heterocycles. The van der Waals surface area contributed by atoms with Crippen molar-refractivity contribution in [1.82, 2.24) is 0 Å². The van der Waals surface area contributed by atoms with Gasteiger partial charge in [0.15, 0.2) is 0 Å². The lowest BCUT2D eigenvalue weighted by molar-refractivity contribution is -0.148. The van der Waals surface area contributed by atoms with E-state index in [-0.39, 0.29) is 0 Å². The van der Waals surface area contributed by atoms with E-state index in [1.54, 1.807) is 0 Å². The minimum atomic E-state index is -1.31. The fraction of sp³-hybridized carbons (Fsp3) is 0.733. The van der Waals surface area contributed by atoms with Gasteiger partial charge in [-0.3, -0.25) is 9.59 Å². The van der Waals surface area contributed by atoms with Crippen molar-refractivity contribution in [2.45, 2.75) is 63.9 Å². The number of aliphatic hydroxyl groups excluding tert-OH is 1. The second kappa shape index (κ2) is 11.5. The molecule has 0 saturated heterocycles. The molecule has 0 aromatic carbocycles. The van der Waals surface area contributed by atoms with Gasteiger partial charge in [0.1, 0.15) is 0 Å². The fourth-order valence-electron chi connectivity index (χ4n) is 2.16. The Kier molecular flexibility index (Phi) is 10.7. The number of aliphatic carboxylic acids is 2. The van der Waals surface area contributed by atoms with Crippen LogP contribution in [-0.2, 0) is 9.59 Å². The standard InChI is InChI=1S/C15H26O5/c1-2-3-4-5-6-7-8-9-10-12(15(19)20)13(16)11-14(17)18/h2,12-13,16H,1,3-11H2,(H,17,18)(H,19,20)/t12-,13+/m1/s1. The maximum atomic E-state index is 11.0. The molecule has 20 heavy (non-hydrogen) atoms. The van der Waals surface area contributed by atoms with E-state index in [1.807, 2.05) is 6.08 Å². The van der Waals surface area contributed by atoms with E-state index in [0.29, 0.717) is 12.8 Å². The first kappa shape index (κ1) is 18.6. The van der Waals surface area contributed by atoms with Crippen LogP contribution in [0, 0.1) is 5.92 Å². The van der Waals surface area contributed by atoms with E-state index >= 15 is 0 Å². The average molecular weight is 286 g/mol. The van der Waals surface area contributed by atoms with Crippen molar-refractivity contribution in [2.75, 3.05) is 0 Å². The summed E-state index contributed by atoms with van der Waals surface area (Å²) in [6.07, 6.45) is 7.50. The maximum Gasteiger partial charge on any atom is 0.309 e. The number of aliphatic hydroxyl groups is 1. The van der Waals surface area contributed by atoms with Gasteiger partial charge in [0.05, 0.1) is 18.4 Å². The Morgan fingerprint density at radius 3 is 2.05 bits per heavy atom. The van der Waals surface area contributed by atoms with Crippen LogP contribution in [0.15, 0.2) is 12.7 Å². The lowest BCUT2D eigenvalue weighted by Gasteiger charge is -2.17. The smallest absolute Gasteiger partial charge is 0.309 e. The van der Waals surface area contributed by atoms with E-state index in [2.05, 4.69) is 6.58 Å². The highest BCUT2D eigenvalue weighted by atomic mass is 16.4. The second-order valence-electron chi connectivity index (χ2n) is 5.10. The molecule has 0 radical (unpaired) electrons. The van der Waals surface area contributed by atoms with Crippen molar-refractivity contribution in [3.63, 3.8) is 0 Å². The topological polar surface area (TPSA) is 94.8 Å². The van der Waals surface area contributed by atoms with Gasteiger partial charge in [0, 0.05) is 0 Å². The van der Waals surface area contributed by atoms with Gasteiger partial charge < -0.3 is 15.3 Å². The molecular weight excluding hydrogens is 260 g/mol. The van der Waals surface area contributed by atoms with Crippen LogP contribution in [0.4, 0.5) is 0 Å². The van der Waals surface area contributed by atoms with E-state index in [4.69, 9.17) is 10.2 Å². The third kappa shape index (κ3) is 9.55. The Morgan fingerprint density at radius 2 is 1.55 bits per heavy atom. The Bertz CT molecular complexity index is 301. The first-order chi connectivity index (χ1) is 9.49. The van der Waals surface area contributed by atoms with Crippen molar-refractivity contribution in [2.24, 2.45) is 5.92 Å². The number of carboxylic acid groups (broad SMARTS) is 2. The summed E-state index contributed by atoms with van der Waals surface area (Å²) < 4.78 is 0. The highest BCUT2D eigenvalue weighted by Gasteiger charge is 2.27. The van der Waals surface area contributed by atoms with Crippen molar-refractivity contribution in [3.8, 4) is 0 Å². The van der Waals surface area contributed by atoms with E-state index in [0.717, 1.165) is 38.5 Å². The first-order valence-electron chi connectivity index (χ1n) is 7.22. The van der Waals surface area contributed by atoms with Gasteiger partial charge in [0.25, 0.3) is 0 Å². The Labute approximate surface area is 120 Å². The number of hydrogen-bond acceptors (Lipinski definition) is 3. The molecule has 0 fully saturated rings. The number of rotatable bonds is 13. The van der Waals surface area contributed by atoms with Crippen LogP contribution in [-0.4, -0.2) is 33.4 Å². The molecule has 0 spiro atoms. The molecule has 3 N–H and O–H groups in total. The maximum absolute atomic E-state index is 11.0. The van der Waals surface area contributed by atoms with Gasteiger partial charge >= 0.3 is 11.9 Å². The third-order valence-corrected chi connectivity index (χ3v) is 3.34. The third-order valence-electron chi connectivity index (χ3n) is 3.34. The normalized spacial score (nSPS) is 13.7. The molecule has 0 aliphatic carbocycles. The highest BCUT2D eigenvalue weighted by Crippen LogP contribution is 2.18. The first-order valence-corrected chi connectivity index (χ1v) is 7.22. The number of hydrogen-bond donors (Lipinski definition) is 3. The number of carboxylic acids is 2. The summed E-state index contributed by atoms with van der Waals surface area (Å²) in [5, 5.41) is 27.1. The number of carbonyl (C=O) groups is 2. The summed E-state index contributed by atoms with van der Waals surface area (Å²) >= 11 is 0. The van der Waals surface area contributed by atoms with Crippen LogP contribution < -0.4 is 0 Å². The predicted molar refractivity (Wildman–Crippen MR) is 76.5 cm³/mol. The fourth-order valence-corrected chi connectivity index (χ4v) is 2.16. The SMILES string of the molecule is C=CCCCCCCCC[C@@H](C(=O)O)[C@@H](O)CC(=O)O. The van der Waals surface area contributed by atoms with Crippen molar-refractivity contribution in [3.05, 3.63) is 12.7 Å².